The molecular formula is C19H23BO3S2. The van der Waals surface area contributed by atoms with Crippen LogP contribution in [0.15, 0.2) is 35.1 Å². The Hall–Kier alpha value is -1.08. The quantitative estimate of drug-likeness (QED) is 0.690. The van der Waals surface area contributed by atoms with Gasteiger partial charge in [0.25, 0.3) is 0 Å². The standard InChI is InChI=1S/C19H23BO3S2/c1-13(21)25-12-16(20-22-18(2,3)19(4,5)23-20)11-15-8-6-7-14-9-10-24-17(14)15/h6-11H,12H2,1-5H3. The largest absolute Gasteiger partial charge is 0.491 e. The van der Waals surface area contributed by atoms with Gasteiger partial charge in [0, 0.05) is 17.4 Å². The average molecular weight is 374 g/mol. The van der Waals surface area contributed by atoms with Crippen LogP contribution in [0.1, 0.15) is 40.2 Å². The minimum Gasteiger partial charge on any atom is -0.400 e. The van der Waals surface area contributed by atoms with Gasteiger partial charge in [-0.05, 0) is 55.6 Å². The molecule has 0 atom stereocenters. The monoisotopic (exact) mass is 374 g/mol. The molecular weight excluding hydrogens is 351 g/mol. The van der Waals surface area contributed by atoms with Gasteiger partial charge in [-0.1, -0.05) is 36.0 Å². The molecule has 2 aromatic rings. The van der Waals surface area contributed by atoms with Crippen molar-refractivity contribution in [1.29, 1.82) is 0 Å². The van der Waals surface area contributed by atoms with Gasteiger partial charge in [0.15, 0.2) is 5.12 Å². The van der Waals surface area contributed by atoms with E-state index in [1.54, 1.807) is 18.3 Å². The van der Waals surface area contributed by atoms with Crippen LogP contribution < -0.4 is 0 Å². The predicted molar refractivity (Wildman–Crippen MR) is 109 cm³/mol. The molecule has 132 valence electrons. The first-order valence-corrected chi connectivity index (χ1v) is 10.2. The second kappa shape index (κ2) is 6.91. The molecule has 0 radical (unpaired) electrons. The summed E-state index contributed by atoms with van der Waals surface area (Å²) in [7, 11) is -0.438. The van der Waals surface area contributed by atoms with Crippen molar-refractivity contribution >= 4 is 51.5 Å². The van der Waals surface area contributed by atoms with Gasteiger partial charge in [0.1, 0.15) is 0 Å². The van der Waals surface area contributed by atoms with Crippen molar-refractivity contribution in [2.75, 3.05) is 5.75 Å². The van der Waals surface area contributed by atoms with Crippen LogP contribution in [0.25, 0.3) is 16.2 Å². The minimum atomic E-state index is -0.438. The van der Waals surface area contributed by atoms with Crippen LogP contribution in [0.2, 0.25) is 0 Å². The van der Waals surface area contributed by atoms with E-state index in [0.29, 0.717) is 5.75 Å². The molecule has 0 aliphatic carbocycles. The van der Waals surface area contributed by atoms with Crippen LogP contribution in [0.4, 0.5) is 0 Å². The molecule has 0 spiro atoms. The van der Waals surface area contributed by atoms with Crippen LogP contribution in [0.5, 0.6) is 0 Å². The number of thiophene rings is 1. The lowest BCUT2D eigenvalue weighted by molar-refractivity contribution is -0.109. The predicted octanol–water partition coefficient (Wildman–Crippen LogP) is 5.20. The van der Waals surface area contributed by atoms with Crippen LogP contribution in [0, 0.1) is 0 Å². The van der Waals surface area contributed by atoms with Crippen molar-refractivity contribution in [2.45, 2.75) is 45.8 Å². The van der Waals surface area contributed by atoms with E-state index in [0.717, 1.165) is 11.0 Å². The van der Waals surface area contributed by atoms with E-state index >= 15 is 0 Å². The molecule has 25 heavy (non-hydrogen) atoms. The Bertz CT molecular complexity index is 807. The number of hydrogen-bond acceptors (Lipinski definition) is 5. The second-order valence-corrected chi connectivity index (χ2v) is 9.34. The Kier molecular flexibility index (Phi) is 5.17. The van der Waals surface area contributed by atoms with Crippen molar-refractivity contribution in [3.8, 4) is 0 Å². The molecule has 3 rings (SSSR count). The van der Waals surface area contributed by atoms with Crippen molar-refractivity contribution in [1.82, 2.24) is 0 Å². The van der Waals surface area contributed by atoms with Gasteiger partial charge in [-0.15, -0.1) is 11.3 Å². The van der Waals surface area contributed by atoms with Crippen LogP contribution in [0.3, 0.4) is 0 Å². The highest BCUT2D eigenvalue weighted by Crippen LogP contribution is 2.39. The van der Waals surface area contributed by atoms with Gasteiger partial charge in [-0.2, -0.15) is 0 Å². The average Bonchev–Trinajstić information content (AvgIpc) is 3.06. The summed E-state index contributed by atoms with van der Waals surface area (Å²) in [5.74, 6) is 0.563. The first-order chi connectivity index (χ1) is 11.7. The number of carbonyl (C=O) groups is 1. The number of carbonyl (C=O) groups excluding carboxylic acids is 1. The first-order valence-electron chi connectivity index (χ1n) is 8.35. The fourth-order valence-electron chi connectivity index (χ4n) is 2.69. The molecule has 6 heteroatoms. The van der Waals surface area contributed by atoms with Gasteiger partial charge in [0.2, 0.25) is 0 Å². The Labute approximate surface area is 157 Å². The Morgan fingerprint density at radius 3 is 2.52 bits per heavy atom. The summed E-state index contributed by atoms with van der Waals surface area (Å²) in [5, 5.41) is 3.42. The highest BCUT2D eigenvalue weighted by atomic mass is 32.2. The number of rotatable bonds is 4. The molecule has 1 aromatic carbocycles. The summed E-state index contributed by atoms with van der Waals surface area (Å²) >= 11 is 3.01. The van der Waals surface area contributed by atoms with E-state index in [-0.39, 0.29) is 5.12 Å². The number of benzene rings is 1. The molecule has 0 amide bonds. The van der Waals surface area contributed by atoms with Gasteiger partial charge >= 0.3 is 7.12 Å². The van der Waals surface area contributed by atoms with Crippen molar-refractivity contribution in [2.24, 2.45) is 0 Å². The van der Waals surface area contributed by atoms with E-state index in [4.69, 9.17) is 9.31 Å². The van der Waals surface area contributed by atoms with Gasteiger partial charge in [0.05, 0.1) is 11.2 Å². The Morgan fingerprint density at radius 1 is 1.20 bits per heavy atom. The molecule has 1 saturated heterocycles. The lowest BCUT2D eigenvalue weighted by atomic mass is 9.78. The van der Waals surface area contributed by atoms with Gasteiger partial charge < -0.3 is 9.31 Å². The van der Waals surface area contributed by atoms with E-state index in [1.807, 2.05) is 27.7 Å². The van der Waals surface area contributed by atoms with Crippen molar-refractivity contribution < 1.29 is 14.1 Å². The van der Waals surface area contributed by atoms with E-state index in [2.05, 4.69) is 35.7 Å². The topological polar surface area (TPSA) is 35.5 Å². The molecule has 1 aromatic heterocycles. The van der Waals surface area contributed by atoms with E-state index < -0.39 is 18.3 Å². The fraction of sp³-hybridized carbons (Fsp3) is 0.421. The molecule has 0 saturated carbocycles. The van der Waals surface area contributed by atoms with Crippen molar-refractivity contribution in [3.63, 3.8) is 0 Å². The zero-order valence-electron chi connectivity index (χ0n) is 15.3. The maximum Gasteiger partial charge on any atom is 0.491 e. The van der Waals surface area contributed by atoms with E-state index in [9.17, 15) is 4.79 Å². The molecule has 1 aliphatic rings. The first kappa shape index (κ1) is 18.7. The maximum atomic E-state index is 11.5. The summed E-state index contributed by atoms with van der Waals surface area (Å²) in [6, 6.07) is 8.39. The fourth-order valence-corrected chi connectivity index (χ4v) is 4.16. The molecule has 3 nitrogen and oxygen atoms in total. The zero-order valence-corrected chi connectivity index (χ0v) is 16.9. The maximum absolute atomic E-state index is 11.5. The van der Waals surface area contributed by atoms with E-state index in [1.165, 1.54) is 21.8 Å². The summed E-state index contributed by atoms with van der Waals surface area (Å²) in [5.41, 5.74) is 1.33. The third kappa shape index (κ3) is 3.87. The third-order valence-electron chi connectivity index (χ3n) is 4.85. The Balaban J connectivity index is 1.98. The molecule has 2 heterocycles. The zero-order chi connectivity index (χ0) is 18.2. The minimum absolute atomic E-state index is 0.0942. The summed E-state index contributed by atoms with van der Waals surface area (Å²) in [6.45, 7) is 9.77. The molecule has 1 aliphatic heterocycles. The molecule has 0 bridgehead atoms. The highest BCUT2D eigenvalue weighted by Gasteiger charge is 2.52. The summed E-state index contributed by atoms with van der Waals surface area (Å²) in [4.78, 5) is 11.5. The third-order valence-corrected chi connectivity index (χ3v) is 6.71. The lowest BCUT2D eigenvalue weighted by Crippen LogP contribution is -2.41. The Morgan fingerprint density at radius 2 is 1.88 bits per heavy atom. The summed E-state index contributed by atoms with van der Waals surface area (Å²) < 4.78 is 13.7. The second-order valence-electron chi connectivity index (χ2n) is 7.27. The van der Waals surface area contributed by atoms with Gasteiger partial charge in [-0.25, -0.2) is 0 Å². The van der Waals surface area contributed by atoms with Crippen LogP contribution in [-0.4, -0.2) is 29.2 Å². The molecule has 0 unspecified atom stereocenters. The normalized spacial score (nSPS) is 19.6. The SMILES string of the molecule is CC(=O)SCC(=Cc1cccc2ccsc12)B1OC(C)(C)C(C)(C)O1. The highest BCUT2D eigenvalue weighted by molar-refractivity contribution is 8.13. The smallest absolute Gasteiger partial charge is 0.400 e. The molecule has 0 N–H and O–H groups in total. The van der Waals surface area contributed by atoms with Crippen LogP contribution in [-0.2, 0) is 14.1 Å². The van der Waals surface area contributed by atoms with Gasteiger partial charge in [-0.3, -0.25) is 4.79 Å². The number of hydrogen-bond donors (Lipinski definition) is 0. The molecule has 1 fully saturated rings. The summed E-state index contributed by atoms with van der Waals surface area (Å²) in [6.07, 6.45) is 2.12. The van der Waals surface area contributed by atoms with Crippen molar-refractivity contribution in [3.05, 3.63) is 40.7 Å². The van der Waals surface area contributed by atoms with Crippen LogP contribution >= 0.6 is 23.1 Å². The number of thioether (sulfide) groups is 1. The lowest BCUT2D eigenvalue weighted by Gasteiger charge is -2.32. The number of fused-ring (bicyclic) bond motifs is 1.